The van der Waals surface area contributed by atoms with E-state index in [9.17, 15) is 4.79 Å². The SMILES string of the molecule is Cc1ccc(OCc2ccc(C(=O)N3CCNCC3C)o2)c(C)c1. The Balaban J connectivity index is 1.63. The molecule has 24 heavy (non-hydrogen) atoms. The molecule has 1 aromatic heterocycles. The smallest absolute Gasteiger partial charge is 0.289 e. The maximum Gasteiger partial charge on any atom is 0.289 e. The van der Waals surface area contributed by atoms with Gasteiger partial charge in [-0.2, -0.15) is 0 Å². The fourth-order valence-electron chi connectivity index (χ4n) is 2.96. The number of nitrogens with one attached hydrogen (secondary N) is 1. The summed E-state index contributed by atoms with van der Waals surface area (Å²) in [7, 11) is 0. The van der Waals surface area contributed by atoms with Gasteiger partial charge in [-0.25, -0.2) is 0 Å². The quantitative estimate of drug-likeness (QED) is 0.937. The molecule has 1 N–H and O–H groups in total. The highest BCUT2D eigenvalue weighted by molar-refractivity contribution is 5.91. The van der Waals surface area contributed by atoms with Gasteiger partial charge in [0, 0.05) is 25.7 Å². The Morgan fingerprint density at radius 2 is 2.17 bits per heavy atom. The van der Waals surface area contributed by atoms with Crippen LogP contribution in [0.1, 0.15) is 34.4 Å². The van der Waals surface area contributed by atoms with Crippen LogP contribution in [0.15, 0.2) is 34.7 Å². The molecule has 1 amide bonds. The Kier molecular flexibility index (Phi) is 4.90. The summed E-state index contributed by atoms with van der Waals surface area (Å²) in [6.45, 7) is 8.76. The van der Waals surface area contributed by atoms with Crippen LogP contribution in [0.3, 0.4) is 0 Å². The van der Waals surface area contributed by atoms with Gasteiger partial charge in [0.15, 0.2) is 5.76 Å². The summed E-state index contributed by atoms with van der Waals surface area (Å²) in [5.41, 5.74) is 2.29. The number of aryl methyl sites for hydroxylation is 2. The minimum absolute atomic E-state index is 0.0539. The van der Waals surface area contributed by atoms with Crippen LogP contribution >= 0.6 is 0 Å². The van der Waals surface area contributed by atoms with Crippen LogP contribution in [-0.4, -0.2) is 36.5 Å². The van der Waals surface area contributed by atoms with Crippen molar-refractivity contribution in [1.82, 2.24) is 10.2 Å². The fourth-order valence-corrected chi connectivity index (χ4v) is 2.96. The zero-order valence-corrected chi connectivity index (χ0v) is 14.5. The van der Waals surface area contributed by atoms with Crippen molar-refractivity contribution in [3.05, 3.63) is 53.0 Å². The predicted octanol–water partition coefficient (Wildman–Crippen LogP) is 2.91. The second-order valence-corrected chi connectivity index (χ2v) is 6.38. The molecule has 0 spiro atoms. The lowest BCUT2D eigenvalue weighted by molar-refractivity contribution is 0.0619. The van der Waals surface area contributed by atoms with E-state index >= 15 is 0 Å². The maximum atomic E-state index is 12.6. The van der Waals surface area contributed by atoms with Crippen molar-refractivity contribution in [2.45, 2.75) is 33.4 Å². The van der Waals surface area contributed by atoms with E-state index in [-0.39, 0.29) is 11.9 Å². The van der Waals surface area contributed by atoms with Gasteiger partial charge in [0.1, 0.15) is 18.1 Å². The Morgan fingerprint density at radius 3 is 2.92 bits per heavy atom. The average Bonchev–Trinajstić information content (AvgIpc) is 3.03. The van der Waals surface area contributed by atoms with Crippen LogP contribution in [0.2, 0.25) is 0 Å². The third kappa shape index (κ3) is 3.62. The van der Waals surface area contributed by atoms with Crippen LogP contribution in [-0.2, 0) is 6.61 Å². The second-order valence-electron chi connectivity index (χ2n) is 6.38. The van der Waals surface area contributed by atoms with Crippen LogP contribution in [0.25, 0.3) is 0 Å². The molecule has 2 heterocycles. The molecule has 5 nitrogen and oxygen atoms in total. The molecule has 1 atom stereocenters. The monoisotopic (exact) mass is 328 g/mol. The molecule has 0 bridgehead atoms. The number of carbonyl (C=O) groups is 1. The highest BCUT2D eigenvalue weighted by Crippen LogP contribution is 2.21. The van der Waals surface area contributed by atoms with Crippen LogP contribution in [0.5, 0.6) is 5.75 Å². The van der Waals surface area contributed by atoms with Crippen molar-refractivity contribution < 1.29 is 13.9 Å². The normalized spacial score (nSPS) is 17.8. The second kappa shape index (κ2) is 7.09. The summed E-state index contributed by atoms with van der Waals surface area (Å²) >= 11 is 0. The molecule has 3 rings (SSSR count). The molecule has 0 aliphatic carbocycles. The summed E-state index contributed by atoms with van der Waals surface area (Å²) in [5.74, 6) is 1.81. The zero-order valence-electron chi connectivity index (χ0n) is 14.5. The van der Waals surface area contributed by atoms with Crippen molar-refractivity contribution in [1.29, 1.82) is 0 Å². The molecule has 5 heteroatoms. The number of ether oxygens (including phenoxy) is 1. The van der Waals surface area contributed by atoms with Crippen molar-refractivity contribution in [2.75, 3.05) is 19.6 Å². The maximum absolute atomic E-state index is 12.6. The molecule has 1 aromatic carbocycles. The molecular formula is C19H24N2O3. The molecule has 0 saturated carbocycles. The third-order valence-corrected chi connectivity index (χ3v) is 4.33. The lowest BCUT2D eigenvalue weighted by Gasteiger charge is -2.33. The Labute approximate surface area is 142 Å². The van der Waals surface area contributed by atoms with Crippen LogP contribution in [0, 0.1) is 13.8 Å². The van der Waals surface area contributed by atoms with Gasteiger partial charge < -0.3 is 19.4 Å². The molecule has 1 unspecified atom stereocenters. The Hall–Kier alpha value is -2.27. The van der Waals surface area contributed by atoms with Gasteiger partial charge in [0.05, 0.1) is 0 Å². The number of rotatable bonds is 4. The first kappa shape index (κ1) is 16.6. The van der Waals surface area contributed by atoms with Gasteiger partial charge in [-0.05, 0) is 44.5 Å². The first-order valence-electron chi connectivity index (χ1n) is 8.35. The van der Waals surface area contributed by atoms with E-state index in [1.807, 2.05) is 36.9 Å². The summed E-state index contributed by atoms with van der Waals surface area (Å²) in [5, 5.41) is 3.28. The fraction of sp³-hybridized carbons (Fsp3) is 0.421. The van der Waals surface area contributed by atoms with Crippen molar-refractivity contribution in [2.24, 2.45) is 0 Å². The molecule has 1 fully saturated rings. The van der Waals surface area contributed by atoms with Gasteiger partial charge in [-0.3, -0.25) is 4.79 Å². The first-order chi connectivity index (χ1) is 11.5. The van der Waals surface area contributed by atoms with E-state index < -0.39 is 0 Å². The largest absolute Gasteiger partial charge is 0.485 e. The minimum Gasteiger partial charge on any atom is -0.485 e. The Morgan fingerprint density at radius 1 is 1.33 bits per heavy atom. The van der Waals surface area contributed by atoms with Gasteiger partial charge in [-0.1, -0.05) is 17.7 Å². The Bertz CT molecular complexity index is 723. The molecule has 128 valence electrons. The van der Waals surface area contributed by atoms with Crippen molar-refractivity contribution in [3.63, 3.8) is 0 Å². The lowest BCUT2D eigenvalue weighted by Crippen LogP contribution is -2.52. The summed E-state index contributed by atoms with van der Waals surface area (Å²) in [6, 6.07) is 9.78. The molecule has 1 aliphatic rings. The standard InChI is InChI=1S/C19H24N2O3/c1-13-4-6-17(14(2)10-13)23-12-16-5-7-18(24-16)19(22)21-9-8-20-11-15(21)3/h4-7,10,15,20H,8-9,11-12H2,1-3H3. The first-order valence-corrected chi connectivity index (χ1v) is 8.35. The number of piperazine rings is 1. The number of carbonyl (C=O) groups excluding carboxylic acids is 1. The zero-order chi connectivity index (χ0) is 17.1. The topological polar surface area (TPSA) is 54.7 Å². The van der Waals surface area contributed by atoms with E-state index in [1.165, 1.54) is 5.56 Å². The number of nitrogens with zero attached hydrogens (tertiary/aromatic N) is 1. The van der Waals surface area contributed by atoms with E-state index in [0.717, 1.165) is 24.4 Å². The lowest BCUT2D eigenvalue weighted by atomic mass is 10.1. The van der Waals surface area contributed by atoms with Crippen LogP contribution in [0.4, 0.5) is 0 Å². The molecular weight excluding hydrogens is 304 g/mol. The summed E-state index contributed by atoms with van der Waals surface area (Å²) in [6.07, 6.45) is 0. The minimum atomic E-state index is -0.0539. The molecule has 1 saturated heterocycles. The van der Waals surface area contributed by atoms with E-state index in [2.05, 4.69) is 18.3 Å². The van der Waals surface area contributed by atoms with Crippen molar-refractivity contribution >= 4 is 5.91 Å². The van der Waals surface area contributed by atoms with E-state index in [0.29, 0.717) is 24.7 Å². The van der Waals surface area contributed by atoms with E-state index in [1.54, 1.807) is 6.07 Å². The number of hydrogen-bond donors (Lipinski definition) is 1. The van der Waals surface area contributed by atoms with Gasteiger partial charge >= 0.3 is 0 Å². The molecule has 1 aliphatic heterocycles. The van der Waals surface area contributed by atoms with Gasteiger partial charge in [0.2, 0.25) is 0 Å². The van der Waals surface area contributed by atoms with E-state index in [4.69, 9.17) is 9.15 Å². The summed E-state index contributed by atoms with van der Waals surface area (Å²) < 4.78 is 11.5. The highest BCUT2D eigenvalue weighted by Gasteiger charge is 2.26. The number of hydrogen-bond acceptors (Lipinski definition) is 4. The summed E-state index contributed by atoms with van der Waals surface area (Å²) in [4.78, 5) is 14.4. The number of furan rings is 1. The third-order valence-electron chi connectivity index (χ3n) is 4.33. The average molecular weight is 328 g/mol. The highest BCUT2D eigenvalue weighted by atomic mass is 16.5. The number of amides is 1. The van der Waals surface area contributed by atoms with Crippen molar-refractivity contribution in [3.8, 4) is 5.75 Å². The van der Waals surface area contributed by atoms with Gasteiger partial charge in [-0.15, -0.1) is 0 Å². The van der Waals surface area contributed by atoms with Crippen LogP contribution < -0.4 is 10.1 Å². The molecule has 2 aromatic rings. The molecule has 0 radical (unpaired) electrons. The van der Waals surface area contributed by atoms with Gasteiger partial charge in [0.25, 0.3) is 5.91 Å². The predicted molar refractivity (Wildman–Crippen MR) is 92.3 cm³/mol. The number of benzene rings is 1.